The van der Waals surface area contributed by atoms with Crippen LogP contribution < -0.4 is 5.32 Å². The Bertz CT molecular complexity index is 1080. The molecule has 0 aliphatic rings. The van der Waals surface area contributed by atoms with Crippen LogP contribution in [-0.2, 0) is 21.2 Å². The van der Waals surface area contributed by atoms with Crippen LogP contribution in [0.4, 0.5) is 14.5 Å². The topological polar surface area (TPSA) is 107 Å². The monoisotopic (exact) mass is 442 g/mol. The van der Waals surface area contributed by atoms with Crippen LogP contribution in [0.25, 0.3) is 11.6 Å². The molecule has 0 aliphatic heterocycles. The van der Waals surface area contributed by atoms with Crippen molar-refractivity contribution in [2.45, 2.75) is 29.3 Å². The molecule has 0 radical (unpaired) electrons. The van der Waals surface area contributed by atoms with Gasteiger partial charge in [0.05, 0.1) is 16.9 Å². The highest BCUT2D eigenvalue weighted by atomic mass is 32.2. The second-order valence-electron chi connectivity index (χ2n) is 5.69. The molecule has 0 unspecified atom stereocenters. The number of carbonyl (C=O) groups is 1. The van der Waals surface area contributed by atoms with Gasteiger partial charge in [0, 0.05) is 12.2 Å². The molecule has 3 aromatic rings. The molecule has 2 heterocycles. The number of aromatic nitrogens is 3. The molecule has 154 valence electrons. The Balaban J connectivity index is 1.62. The third kappa shape index (κ3) is 4.65. The Labute approximate surface area is 169 Å². The summed E-state index contributed by atoms with van der Waals surface area (Å²) < 4.78 is 55.0. The zero-order valence-electron chi connectivity index (χ0n) is 15.1. The van der Waals surface area contributed by atoms with Crippen molar-refractivity contribution in [3.05, 3.63) is 42.7 Å². The van der Waals surface area contributed by atoms with E-state index in [2.05, 4.69) is 15.5 Å². The van der Waals surface area contributed by atoms with Crippen molar-refractivity contribution < 1.29 is 26.4 Å². The molecule has 0 saturated heterocycles. The molecule has 0 aliphatic carbocycles. The summed E-state index contributed by atoms with van der Waals surface area (Å²) in [5.41, 5.74) is 0.289. The highest BCUT2D eigenvalue weighted by Gasteiger charge is 2.26. The van der Waals surface area contributed by atoms with Crippen LogP contribution in [0.1, 0.15) is 6.92 Å². The molecule has 1 amide bonds. The minimum atomic E-state index is -4.67. The average Bonchev–Trinajstić information content (AvgIpc) is 3.35. The summed E-state index contributed by atoms with van der Waals surface area (Å²) in [6, 6.07) is 8.04. The molecule has 1 N–H and O–H groups in total. The molecule has 1 aromatic carbocycles. The first kappa shape index (κ1) is 21.0. The van der Waals surface area contributed by atoms with E-state index in [0.29, 0.717) is 23.3 Å². The van der Waals surface area contributed by atoms with Gasteiger partial charge in [-0.05, 0) is 43.3 Å². The Morgan fingerprint density at radius 2 is 1.97 bits per heavy atom. The van der Waals surface area contributed by atoms with Gasteiger partial charge in [0.1, 0.15) is 0 Å². The maximum Gasteiger partial charge on any atom is 0.341 e. The summed E-state index contributed by atoms with van der Waals surface area (Å²) in [6.07, 6.45) is 1.53. The van der Waals surface area contributed by atoms with Crippen molar-refractivity contribution >= 4 is 33.2 Å². The average molecular weight is 442 g/mol. The van der Waals surface area contributed by atoms with Gasteiger partial charge < -0.3 is 9.73 Å². The van der Waals surface area contributed by atoms with Gasteiger partial charge in [0.2, 0.25) is 15.7 Å². The SMILES string of the molecule is CCn1c(SCC(=O)Nc2ccc(S(=O)(=O)C(F)F)cc2)nnc1-c1ccco1. The van der Waals surface area contributed by atoms with E-state index in [9.17, 15) is 22.0 Å². The van der Waals surface area contributed by atoms with E-state index >= 15 is 0 Å². The van der Waals surface area contributed by atoms with Gasteiger partial charge in [-0.25, -0.2) is 8.42 Å². The van der Waals surface area contributed by atoms with Gasteiger partial charge >= 0.3 is 5.76 Å². The fraction of sp³-hybridized carbons (Fsp3) is 0.235. The minimum absolute atomic E-state index is 0.0212. The largest absolute Gasteiger partial charge is 0.461 e. The molecule has 8 nitrogen and oxygen atoms in total. The number of hydrogen-bond donors (Lipinski definition) is 1. The first-order chi connectivity index (χ1) is 13.8. The lowest BCUT2D eigenvalue weighted by molar-refractivity contribution is -0.113. The Morgan fingerprint density at radius 1 is 1.24 bits per heavy atom. The van der Waals surface area contributed by atoms with E-state index in [4.69, 9.17) is 4.42 Å². The first-order valence-corrected chi connectivity index (χ1v) is 10.9. The Hall–Kier alpha value is -2.73. The third-order valence-corrected chi connectivity index (χ3v) is 6.17. The van der Waals surface area contributed by atoms with Crippen molar-refractivity contribution in [3.8, 4) is 11.6 Å². The van der Waals surface area contributed by atoms with E-state index in [1.807, 2.05) is 6.92 Å². The predicted octanol–water partition coefficient (Wildman–Crippen LogP) is 3.29. The standard InChI is InChI=1S/C17H16F2N4O4S2/c1-2-23-15(13-4-3-9-27-13)21-22-17(23)28-10-14(24)20-11-5-7-12(8-6-11)29(25,26)16(18)19/h3-9,16H,2,10H2,1H3,(H,20,24). The molecule has 3 rings (SSSR count). The van der Waals surface area contributed by atoms with Crippen LogP contribution in [0.5, 0.6) is 0 Å². The molecule has 0 fully saturated rings. The van der Waals surface area contributed by atoms with E-state index in [-0.39, 0.29) is 17.3 Å². The molecule has 0 atom stereocenters. The summed E-state index contributed by atoms with van der Waals surface area (Å²) >= 11 is 1.17. The lowest BCUT2D eigenvalue weighted by Crippen LogP contribution is -2.15. The minimum Gasteiger partial charge on any atom is -0.461 e. The third-order valence-electron chi connectivity index (χ3n) is 3.81. The van der Waals surface area contributed by atoms with Crippen molar-refractivity contribution in [3.63, 3.8) is 0 Å². The van der Waals surface area contributed by atoms with Crippen LogP contribution in [0.2, 0.25) is 0 Å². The quantitative estimate of drug-likeness (QED) is 0.534. The van der Waals surface area contributed by atoms with Gasteiger partial charge in [-0.3, -0.25) is 9.36 Å². The summed E-state index contributed by atoms with van der Waals surface area (Å²) in [4.78, 5) is 11.7. The van der Waals surface area contributed by atoms with E-state index < -0.39 is 20.5 Å². The van der Waals surface area contributed by atoms with E-state index in [1.165, 1.54) is 30.2 Å². The summed E-state index contributed by atoms with van der Waals surface area (Å²) in [5, 5.41) is 11.3. The number of furan rings is 1. The number of benzene rings is 1. The molecular weight excluding hydrogens is 426 g/mol. The molecule has 0 bridgehead atoms. The first-order valence-electron chi connectivity index (χ1n) is 8.34. The highest BCUT2D eigenvalue weighted by Crippen LogP contribution is 2.25. The van der Waals surface area contributed by atoms with Gasteiger partial charge in [-0.1, -0.05) is 11.8 Å². The summed E-state index contributed by atoms with van der Waals surface area (Å²) in [7, 11) is -4.67. The van der Waals surface area contributed by atoms with Crippen LogP contribution >= 0.6 is 11.8 Å². The van der Waals surface area contributed by atoms with Gasteiger partial charge in [0.15, 0.2) is 16.7 Å². The normalized spacial score (nSPS) is 11.7. The van der Waals surface area contributed by atoms with Crippen LogP contribution in [0.15, 0.2) is 57.1 Å². The number of hydrogen-bond acceptors (Lipinski definition) is 7. The second kappa shape index (κ2) is 8.74. The maximum atomic E-state index is 12.5. The maximum absolute atomic E-state index is 12.5. The van der Waals surface area contributed by atoms with E-state index in [1.54, 1.807) is 16.7 Å². The van der Waals surface area contributed by atoms with Gasteiger partial charge in [-0.15, -0.1) is 10.2 Å². The van der Waals surface area contributed by atoms with Crippen molar-refractivity contribution in [2.24, 2.45) is 0 Å². The van der Waals surface area contributed by atoms with Crippen LogP contribution in [-0.4, -0.2) is 40.6 Å². The van der Waals surface area contributed by atoms with Crippen molar-refractivity contribution in [1.29, 1.82) is 0 Å². The number of rotatable bonds is 8. The number of anilines is 1. The Morgan fingerprint density at radius 3 is 2.55 bits per heavy atom. The van der Waals surface area contributed by atoms with E-state index in [0.717, 1.165) is 12.1 Å². The lowest BCUT2D eigenvalue weighted by Gasteiger charge is -2.08. The highest BCUT2D eigenvalue weighted by molar-refractivity contribution is 7.99. The number of nitrogens with one attached hydrogen (secondary N) is 1. The molecule has 12 heteroatoms. The lowest BCUT2D eigenvalue weighted by atomic mass is 10.3. The number of nitrogens with zero attached hydrogens (tertiary/aromatic N) is 3. The van der Waals surface area contributed by atoms with Crippen LogP contribution in [0, 0.1) is 0 Å². The van der Waals surface area contributed by atoms with Crippen molar-refractivity contribution in [1.82, 2.24) is 14.8 Å². The van der Waals surface area contributed by atoms with Crippen molar-refractivity contribution in [2.75, 3.05) is 11.1 Å². The number of alkyl halides is 2. The van der Waals surface area contributed by atoms with Gasteiger partial charge in [0.25, 0.3) is 0 Å². The Kier molecular flexibility index (Phi) is 6.33. The number of thioether (sulfide) groups is 1. The fourth-order valence-corrected chi connectivity index (χ4v) is 3.95. The second-order valence-corrected chi connectivity index (χ2v) is 8.55. The predicted molar refractivity (Wildman–Crippen MR) is 102 cm³/mol. The molecule has 0 saturated carbocycles. The summed E-state index contributed by atoms with van der Waals surface area (Å²) in [5.74, 6) is -2.73. The number of amides is 1. The number of sulfone groups is 1. The molecule has 0 spiro atoms. The van der Waals surface area contributed by atoms with Gasteiger partial charge in [-0.2, -0.15) is 8.78 Å². The molecule has 2 aromatic heterocycles. The number of halogens is 2. The summed E-state index contributed by atoms with van der Waals surface area (Å²) in [6.45, 7) is 2.49. The number of carbonyl (C=O) groups excluding carboxylic acids is 1. The molecular formula is C17H16F2N4O4S2. The molecule has 29 heavy (non-hydrogen) atoms. The fourth-order valence-electron chi connectivity index (χ4n) is 2.43. The zero-order chi connectivity index (χ0) is 21.0. The van der Waals surface area contributed by atoms with Crippen LogP contribution in [0.3, 0.4) is 0 Å². The smallest absolute Gasteiger partial charge is 0.341 e. The zero-order valence-corrected chi connectivity index (χ0v) is 16.7.